The van der Waals surface area contributed by atoms with E-state index in [0.717, 1.165) is 4.47 Å². The summed E-state index contributed by atoms with van der Waals surface area (Å²) >= 11 is 3.30. The molecule has 0 bridgehead atoms. The maximum absolute atomic E-state index is 12.6. The smallest absolute Gasteiger partial charge is 0.271 e. The van der Waals surface area contributed by atoms with Gasteiger partial charge >= 0.3 is 0 Å². The highest BCUT2D eigenvalue weighted by molar-refractivity contribution is 9.10. The first-order valence-electron chi connectivity index (χ1n) is 8.88. The molecular weight excluding hydrogens is 450 g/mol. The Labute approximate surface area is 181 Å². The lowest BCUT2D eigenvalue weighted by Crippen LogP contribution is -2.41. The van der Waals surface area contributed by atoms with Crippen LogP contribution in [0.15, 0.2) is 77.3 Å². The van der Waals surface area contributed by atoms with Gasteiger partial charge in [-0.05, 0) is 60.7 Å². The summed E-state index contributed by atoms with van der Waals surface area (Å²) in [6.45, 7) is 0. The molecular formula is C22H18BrN3O4. The summed E-state index contributed by atoms with van der Waals surface area (Å²) < 4.78 is 5.92. The fourth-order valence-corrected chi connectivity index (χ4v) is 2.85. The molecule has 3 aromatic rings. The Morgan fingerprint density at radius 3 is 1.97 bits per heavy atom. The SMILES string of the molecule is COc1ccc(C(=O)Nc2ccccc2C(=O)NNC(=O)c2ccc(Br)cc2)cc1. The van der Waals surface area contributed by atoms with Gasteiger partial charge in [-0.3, -0.25) is 25.2 Å². The summed E-state index contributed by atoms with van der Waals surface area (Å²) in [5.41, 5.74) is 6.04. The maximum atomic E-state index is 12.6. The number of ether oxygens (including phenoxy) is 1. The second-order valence-electron chi connectivity index (χ2n) is 6.14. The third-order valence-corrected chi connectivity index (χ3v) is 4.70. The largest absolute Gasteiger partial charge is 0.497 e. The highest BCUT2D eigenvalue weighted by Crippen LogP contribution is 2.18. The van der Waals surface area contributed by atoms with E-state index in [1.165, 1.54) is 0 Å². The summed E-state index contributed by atoms with van der Waals surface area (Å²) in [4.78, 5) is 37.2. The monoisotopic (exact) mass is 467 g/mol. The van der Waals surface area contributed by atoms with Crippen LogP contribution in [-0.2, 0) is 0 Å². The standard InChI is InChI=1S/C22H18BrN3O4/c1-30-17-12-8-14(9-13-17)20(27)24-19-5-3-2-4-18(19)22(29)26-25-21(28)15-6-10-16(23)11-7-15/h2-13H,1H3,(H,24,27)(H,25,28)(H,26,29). The van der Waals surface area contributed by atoms with E-state index in [-0.39, 0.29) is 11.5 Å². The number of halogens is 1. The molecule has 8 heteroatoms. The van der Waals surface area contributed by atoms with Crippen LogP contribution in [0.25, 0.3) is 0 Å². The van der Waals surface area contributed by atoms with Crippen molar-refractivity contribution in [3.63, 3.8) is 0 Å². The second-order valence-corrected chi connectivity index (χ2v) is 7.06. The number of hydrogen-bond acceptors (Lipinski definition) is 4. The van der Waals surface area contributed by atoms with E-state index < -0.39 is 11.8 Å². The molecule has 0 aliphatic rings. The lowest BCUT2D eigenvalue weighted by molar-refractivity contribution is 0.0847. The van der Waals surface area contributed by atoms with E-state index >= 15 is 0 Å². The summed E-state index contributed by atoms with van der Waals surface area (Å²) in [6, 6.07) is 19.8. The molecule has 0 heterocycles. The number of benzene rings is 3. The van der Waals surface area contributed by atoms with E-state index in [9.17, 15) is 14.4 Å². The van der Waals surface area contributed by atoms with Gasteiger partial charge in [-0.2, -0.15) is 0 Å². The Bertz CT molecular complexity index is 1070. The second kappa shape index (κ2) is 9.71. The molecule has 0 saturated heterocycles. The maximum Gasteiger partial charge on any atom is 0.271 e. The van der Waals surface area contributed by atoms with Gasteiger partial charge in [0.15, 0.2) is 0 Å². The minimum atomic E-state index is -0.564. The predicted molar refractivity (Wildman–Crippen MR) is 116 cm³/mol. The van der Waals surface area contributed by atoms with Crippen molar-refractivity contribution in [3.8, 4) is 5.75 Å². The number of hydrazine groups is 1. The third-order valence-electron chi connectivity index (χ3n) is 4.17. The molecule has 3 rings (SSSR count). The number of nitrogens with one attached hydrogen (secondary N) is 3. The molecule has 30 heavy (non-hydrogen) atoms. The van der Waals surface area contributed by atoms with Gasteiger partial charge in [0.2, 0.25) is 0 Å². The van der Waals surface area contributed by atoms with Gasteiger partial charge in [0.1, 0.15) is 5.75 Å². The zero-order chi connectivity index (χ0) is 21.5. The van der Waals surface area contributed by atoms with E-state index in [4.69, 9.17) is 4.74 Å². The first-order chi connectivity index (χ1) is 14.5. The summed E-state index contributed by atoms with van der Waals surface area (Å²) in [7, 11) is 1.54. The van der Waals surface area contributed by atoms with Gasteiger partial charge in [-0.1, -0.05) is 28.1 Å². The van der Waals surface area contributed by atoms with Crippen LogP contribution in [0.3, 0.4) is 0 Å². The van der Waals surface area contributed by atoms with E-state index in [0.29, 0.717) is 22.6 Å². The van der Waals surface area contributed by atoms with Crippen LogP contribution in [0.5, 0.6) is 5.75 Å². The predicted octanol–water partition coefficient (Wildman–Crippen LogP) is 3.78. The highest BCUT2D eigenvalue weighted by Gasteiger charge is 2.15. The van der Waals surface area contributed by atoms with Gasteiger partial charge in [0.05, 0.1) is 18.4 Å². The molecule has 0 aliphatic heterocycles. The molecule has 0 saturated carbocycles. The minimum Gasteiger partial charge on any atom is -0.497 e. The lowest BCUT2D eigenvalue weighted by atomic mass is 10.1. The van der Waals surface area contributed by atoms with Crippen LogP contribution >= 0.6 is 15.9 Å². The van der Waals surface area contributed by atoms with E-state index in [1.807, 2.05) is 0 Å². The Kier molecular flexibility index (Phi) is 6.82. The van der Waals surface area contributed by atoms with Crippen LogP contribution < -0.4 is 20.9 Å². The third kappa shape index (κ3) is 5.24. The number of rotatable bonds is 5. The Morgan fingerprint density at radius 2 is 1.30 bits per heavy atom. The van der Waals surface area contributed by atoms with Gasteiger partial charge in [0, 0.05) is 15.6 Å². The fraction of sp³-hybridized carbons (Fsp3) is 0.0455. The first kappa shape index (κ1) is 21.1. The average molecular weight is 468 g/mol. The molecule has 0 radical (unpaired) electrons. The van der Waals surface area contributed by atoms with Crippen molar-refractivity contribution in [2.24, 2.45) is 0 Å². The molecule has 0 aliphatic carbocycles. The minimum absolute atomic E-state index is 0.204. The lowest BCUT2D eigenvalue weighted by Gasteiger charge is -2.12. The van der Waals surface area contributed by atoms with Crippen molar-refractivity contribution in [2.45, 2.75) is 0 Å². The molecule has 152 valence electrons. The fourth-order valence-electron chi connectivity index (χ4n) is 2.58. The van der Waals surface area contributed by atoms with Crippen molar-refractivity contribution in [1.29, 1.82) is 0 Å². The summed E-state index contributed by atoms with van der Waals surface area (Å²) in [5, 5.41) is 2.71. The number of anilines is 1. The number of para-hydroxylation sites is 1. The number of carbonyl (C=O) groups excluding carboxylic acids is 3. The first-order valence-corrected chi connectivity index (χ1v) is 9.68. The zero-order valence-corrected chi connectivity index (χ0v) is 17.5. The normalized spacial score (nSPS) is 10.1. The zero-order valence-electron chi connectivity index (χ0n) is 15.9. The van der Waals surface area contributed by atoms with Crippen molar-refractivity contribution in [2.75, 3.05) is 12.4 Å². The molecule has 0 unspecified atom stereocenters. The number of amides is 3. The topological polar surface area (TPSA) is 96.5 Å². The van der Waals surface area contributed by atoms with Crippen LogP contribution in [0.2, 0.25) is 0 Å². The molecule has 0 aromatic heterocycles. The highest BCUT2D eigenvalue weighted by atomic mass is 79.9. The Morgan fingerprint density at radius 1 is 0.733 bits per heavy atom. The van der Waals surface area contributed by atoms with Gasteiger partial charge in [0.25, 0.3) is 17.7 Å². The Hall–Kier alpha value is -3.65. The molecule has 3 aromatic carbocycles. The van der Waals surface area contributed by atoms with Crippen molar-refractivity contribution >= 4 is 39.3 Å². The number of hydrogen-bond donors (Lipinski definition) is 3. The molecule has 7 nitrogen and oxygen atoms in total. The van der Waals surface area contributed by atoms with Crippen molar-refractivity contribution < 1.29 is 19.1 Å². The summed E-state index contributed by atoms with van der Waals surface area (Å²) in [6.07, 6.45) is 0. The van der Waals surface area contributed by atoms with Gasteiger partial charge < -0.3 is 10.1 Å². The Balaban J connectivity index is 1.67. The summed E-state index contributed by atoms with van der Waals surface area (Å²) in [5.74, 6) is -0.772. The number of methoxy groups -OCH3 is 1. The quantitative estimate of drug-likeness (QED) is 0.497. The van der Waals surface area contributed by atoms with Gasteiger partial charge in [-0.25, -0.2) is 0 Å². The van der Waals surface area contributed by atoms with E-state index in [2.05, 4.69) is 32.1 Å². The molecule has 0 fully saturated rings. The molecule has 3 N–H and O–H groups in total. The van der Waals surface area contributed by atoms with E-state index in [1.54, 1.807) is 79.9 Å². The van der Waals surface area contributed by atoms with Crippen LogP contribution in [0.1, 0.15) is 31.1 Å². The number of carbonyl (C=O) groups is 3. The molecule has 0 spiro atoms. The average Bonchev–Trinajstić information content (AvgIpc) is 2.78. The molecule has 3 amide bonds. The van der Waals surface area contributed by atoms with Crippen molar-refractivity contribution in [1.82, 2.24) is 10.9 Å². The van der Waals surface area contributed by atoms with Crippen LogP contribution in [0, 0.1) is 0 Å². The van der Waals surface area contributed by atoms with Crippen LogP contribution in [0.4, 0.5) is 5.69 Å². The van der Waals surface area contributed by atoms with Crippen LogP contribution in [-0.4, -0.2) is 24.8 Å². The van der Waals surface area contributed by atoms with Gasteiger partial charge in [-0.15, -0.1) is 0 Å². The molecule has 0 atom stereocenters. The van der Waals surface area contributed by atoms with Crippen molar-refractivity contribution in [3.05, 3.63) is 94.0 Å².